The van der Waals surface area contributed by atoms with Crippen molar-refractivity contribution in [1.29, 1.82) is 0 Å². The van der Waals surface area contributed by atoms with Crippen molar-refractivity contribution in [3.05, 3.63) is 18.2 Å². The Labute approximate surface area is 123 Å². The van der Waals surface area contributed by atoms with Crippen LogP contribution in [0, 0.1) is 5.41 Å². The number of hydrogen-bond donors (Lipinski definition) is 4. The fourth-order valence-corrected chi connectivity index (χ4v) is 2.93. The van der Waals surface area contributed by atoms with Gasteiger partial charge in [0, 0.05) is 18.9 Å². The van der Waals surface area contributed by atoms with E-state index in [0.717, 1.165) is 32.1 Å². The molecule has 1 aromatic heterocycles. The minimum atomic E-state index is -0.797. The Kier molecular flexibility index (Phi) is 5.19. The van der Waals surface area contributed by atoms with Crippen molar-refractivity contribution in [2.24, 2.45) is 5.41 Å². The number of carboxylic acid groups (broad SMARTS) is 1. The van der Waals surface area contributed by atoms with Crippen molar-refractivity contribution < 1.29 is 14.7 Å². The van der Waals surface area contributed by atoms with Gasteiger partial charge in [-0.1, -0.05) is 19.3 Å². The number of aromatic nitrogens is 2. The summed E-state index contributed by atoms with van der Waals surface area (Å²) in [6, 6.07) is -0.290. The Morgan fingerprint density at radius 1 is 1.29 bits per heavy atom. The highest BCUT2D eigenvalue weighted by Gasteiger charge is 2.34. The van der Waals surface area contributed by atoms with Crippen LogP contribution in [0.5, 0.6) is 0 Å². The molecule has 1 aliphatic rings. The molecule has 2 amide bonds. The monoisotopic (exact) mass is 294 g/mol. The van der Waals surface area contributed by atoms with E-state index in [0.29, 0.717) is 18.9 Å². The summed E-state index contributed by atoms with van der Waals surface area (Å²) in [5, 5.41) is 14.6. The third-order valence-corrected chi connectivity index (χ3v) is 4.04. The lowest BCUT2D eigenvalue weighted by molar-refractivity contribution is -0.140. The van der Waals surface area contributed by atoms with Gasteiger partial charge in [0.05, 0.1) is 13.0 Å². The molecule has 0 spiro atoms. The lowest BCUT2D eigenvalue weighted by Gasteiger charge is -2.36. The van der Waals surface area contributed by atoms with Crippen LogP contribution < -0.4 is 10.6 Å². The van der Waals surface area contributed by atoms with Gasteiger partial charge in [0.1, 0.15) is 5.82 Å². The smallest absolute Gasteiger partial charge is 0.315 e. The maximum Gasteiger partial charge on any atom is 0.315 e. The summed E-state index contributed by atoms with van der Waals surface area (Å²) in [6.07, 6.45) is 8.36. The fourth-order valence-electron chi connectivity index (χ4n) is 2.93. The molecule has 0 saturated heterocycles. The standard InChI is InChI=1S/C14H22N4O3/c19-12(20)8-14(4-2-1-3-5-14)10-18-13(21)17-9-11-15-6-7-16-11/h6-7H,1-5,8-10H2,(H,15,16)(H,19,20)(H2,17,18,21). The van der Waals surface area contributed by atoms with Crippen LogP contribution in [-0.2, 0) is 11.3 Å². The van der Waals surface area contributed by atoms with E-state index in [1.54, 1.807) is 12.4 Å². The lowest BCUT2D eigenvalue weighted by atomic mass is 9.72. The number of nitrogens with one attached hydrogen (secondary N) is 3. The number of nitrogens with zero attached hydrogens (tertiary/aromatic N) is 1. The van der Waals surface area contributed by atoms with Crippen LogP contribution in [0.25, 0.3) is 0 Å². The summed E-state index contributed by atoms with van der Waals surface area (Å²) >= 11 is 0. The molecular weight excluding hydrogens is 272 g/mol. The van der Waals surface area contributed by atoms with E-state index in [1.165, 1.54) is 0 Å². The zero-order valence-corrected chi connectivity index (χ0v) is 12.0. The quantitative estimate of drug-likeness (QED) is 0.639. The highest BCUT2D eigenvalue weighted by Crippen LogP contribution is 2.38. The van der Waals surface area contributed by atoms with E-state index in [4.69, 9.17) is 5.11 Å². The van der Waals surface area contributed by atoms with Gasteiger partial charge in [-0.15, -0.1) is 0 Å². The first-order chi connectivity index (χ1) is 10.1. The van der Waals surface area contributed by atoms with E-state index in [-0.39, 0.29) is 17.9 Å². The summed E-state index contributed by atoms with van der Waals surface area (Å²) in [5.74, 6) is -0.113. The first kappa shape index (κ1) is 15.3. The number of amides is 2. The van der Waals surface area contributed by atoms with Gasteiger partial charge in [-0.3, -0.25) is 4.79 Å². The molecule has 1 heterocycles. The molecule has 116 valence electrons. The van der Waals surface area contributed by atoms with E-state index in [2.05, 4.69) is 20.6 Å². The topological polar surface area (TPSA) is 107 Å². The van der Waals surface area contributed by atoms with Gasteiger partial charge in [-0.25, -0.2) is 9.78 Å². The van der Waals surface area contributed by atoms with E-state index < -0.39 is 5.97 Å². The minimum Gasteiger partial charge on any atom is -0.481 e. The molecule has 0 aromatic carbocycles. The molecule has 1 aromatic rings. The van der Waals surface area contributed by atoms with Gasteiger partial charge in [0.25, 0.3) is 0 Å². The largest absolute Gasteiger partial charge is 0.481 e. The maximum absolute atomic E-state index is 11.8. The zero-order valence-electron chi connectivity index (χ0n) is 12.0. The third kappa shape index (κ3) is 4.77. The molecule has 7 heteroatoms. The van der Waals surface area contributed by atoms with Gasteiger partial charge in [0.15, 0.2) is 0 Å². The molecule has 0 atom stereocenters. The van der Waals surface area contributed by atoms with Crippen molar-refractivity contribution in [3.63, 3.8) is 0 Å². The van der Waals surface area contributed by atoms with Crippen molar-refractivity contribution in [2.45, 2.75) is 45.1 Å². The van der Waals surface area contributed by atoms with Gasteiger partial charge in [-0.2, -0.15) is 0 Å². The van der Waals surface area contributed by atoms with Crippen LogP contribution in [-0.4, -0.2) is 33.6 Å². The molecule has 2 rings (SSSR count). The summed E-state index contributed by atoms with van der Waals surface area (Å²) in [4.78, 5) is 29.8. The van der Waals surface area contributed by atoms with E-state index in [1.807, 2.05) is 0 Å². The molecule has 0 unspecified atom stereocenters. The molecule has 1 aliphatic carbocycles. The Morgan fingerprint density at radius 2 is 2.05 bits per heavy atom. The predicted octanol–water partition coefficient (Wildman–Crippen LogP) is 1.63. The van der Waals surface area contributed by atoms with Crippen LogP contribution in [0.4, 0.5) is 4.79 Å². The number of carbonyl (C=O) groups is 2. The Morgan fingerprint density at radius 3 is 2.67 bits per heavy atom. The second-order valence-electron chi connectivity index (χ2n) is 5.70. The Bertz CT molecular complexity index is 467. The summed E-state index contributed by atoms with van der Waals surface area (Å²) in [5.41, 5.74) is -0.299. The fraction of sp³-hybridized carbons (Fsp3) is 0.643. The molecule has 1 fully saturated rings. The molecule has 7 nitrogen and oxygen atoms in total. The molecule has 4 N–H and O–H groups in total. The number of imidazole rings is 1. The average molecular weight is 294 g/mol. The number of hydrogen-bond acceptors (Lipinski definition) is 3. The van der Waals surface area contributed by atoms with Crippen LogP contribution in [0.15, 0.2) is 12.4 Å². The van der Waals surface area contributed by atoms with Crippen molar-refractivity contribution in [2.75, 3.05) is 6.54 Å². The number of carboxylic acids is 1. The minimum absolute atomic E-state index is 0.117. The lowest BCUT2D eigenvalue weighted by Crippen LogP contribution is -2.44. The predicted molar refractivity (Wildman–Crippen MR) is 76.6 cm³/mol. The molecular formula is C14H22N4O3. The molecule has 0 radical (unpaired) electrons. The number of carbonyl (C=O) groups excluding carboxylic acids is 1. The normalized spacial score (nSPS) is 17.1. The van der Waals surface area contributed by atoms with Gasteiger partial charge in [0.2, 0.25) is 0 Å². The Balaban J connectivity index is 1.80. The molecule has 1 saturated carbocycles. The van der Waals surface area contributed by atoms with Crippen molar-refractivity contribution >= 4 is 12.0 Å². The summed E-state index contributed by atoms with van der Waals surface area (Å²) < 4.78 is 0. The molecule has 0 aliphatic heterocycles. The van der Waals surface area contributed by atoms with E-state index in [9.17, 15) is 9.59 Å². The first-order valence-corrected chi connectivity index (χ1v) is 7.31. The number of H-pyrrole nitrogens is 1. The number of aliphatic carboxylic acids is 1. The van der Waals surface area contributed by atoms with Crippen molar-refractivity contribution in [1.82, 2.24) is 20.6 Å². The van der Waals surface area contributed by atoms with E-state index >= 15 is 0 Å². The summed E-state index contributed by atoms with van der Waals surface area (Å²) in [6.45, 7) is 0.730. The second-order valence-corrected chi connectivity index (χ2v) is 5.70. The van der Waals surface area contributed by atoms with Crippen molar-refractivity contribution in [3.8, 4) is 0 Å². The van der Waals surface area contributed by atoms with Crippen LogP contribution in [0.2, 0.25) is 0 Å². The number of urea groups is 1. The van der Waals surface area contributed by atoms with Crippen LogP contribution >= 0.6 is 0 Å². The Hall–Kier alpha value is -2.05. The van der Waals surface area contributed by atoms with Gasteiger partial charge in [-0.05, 0) is 18.3 Å². The number of rotatable bonds is 6. The van der Waals surface area contributed by atoms with Crippen LogP contribution in [0.3, 0.4) is 0 Å². The third-order valence-electron chi connectivity index (χ3n) is 4.04. The SMILES string of the molecule is O=C(O)CC1(CNC(=O)NCc2ncc[nH]2)CCCCC1. The molecule has 21 heavy (non-hydrogen) atoms. The second kappa shape index (κ2) is 7.10. The van der Waals surface area contributed by atoms with Gasteiger partial charge < -0.3 is 20.7 Å². The van der Waals surface area contributed by atoms with Crippen LogP contribution in [0.1, 0.15) is 44.3 Å². The highest BCUT2D eigenvalue weighted by molar-refractivity contribution is 5.74. The number of aromatic amines is 1. The average Bonchev–Trinajstić information content (AvgIpc) is 2.96. The first-order valence-electron chi connectivity index (χ1n) is 7.31. The summed E-state index contributed by atoms with van der Waals surface area (Å²) in [7, 11) is 0. The molecule has 0 bridgehead atoms. The maximum atomic E-state index is 11.8. The van der Waals surface area contributed by atoms with Gasteiger partial charge >= 0.3 is 12.0 Å². The highest BCUT2D eigenvalue weighted by atomic mass is 16.4. The zero-order chi connectivity index (χ0) is 15.1.